The van der Waals surface area contributed by atoms with Crippen LogP contribution in [0, 0.1) is 0 Å². The molecule has 1 unspecified atom stereocenters. The Morgan fingerprint density at radius 3 is 2.43 bits per heavy atom. The molecule has 7 heteroatoms. The number of rotatable bonds is 3. The molecule has 3 aromatic rings. The second kappa shape index (κ2) is 5.85. The molecule has 0 amide bonds. The third-order valence-electron chi connectivity index (χ3n) is 3.68. The molecule has 6 nitrogen and oxygen atoms in total. The molecule has 114 valence electrons. The fourth-order valence-corrected chi connectivity index (χ4v) is 3.54. The topological polar surface area (TPSA) is 87.1 Å². The van der Waals surface area contributed by atoms with Gasteiger partial charge in [0.15, 0.2) is 5.82 Å². The van der Waals surface area contributed by atoms with Crippen LogP contribution in [0.2, 0.25) is 0 Å². The van der Waals surface area contributed by atoms with Gasteiger partial charge in [-0.05, 0) is 40.3 Å². The molecule has 0 bridgehead atoms. The summed E-state index contributed by atoms with van der Waals surface area (Å²) in [4.78, 5) is 4.80. The van der Waals surface area contributed by atoms with E-state index in [4.69, 9.17) is 4.99 Å². The van der Waals surface area contributed by atoms with Gasteiger partial charge in [-0.25, -0.2) is 5.10 Å². The number of benzene rings is 2. The van der Waals surface area contributed by atoms with Crippen molar-refractivity contribution in [3.05, 3.63) is 59.7 Å². The Hall–Kier alpha value is -2.67. The minimum Gasteiger partial charge on any atom is -0.508 e. The van der Waals surface area contributed by atoms with Gasteiger partial charge in [0.1, 0.15) is 5.75 Å². The number of hydrogen-bond donors (Lipinski definition) is 2. The van der Waals surface area contributed by atoms with E-state index in [1.165, 1.54) is 5.56 Å². The monoisotopic (exact) mass is 323 g/mol. The highest BCUT2D eigenvalue weighted by atomic mass is 32.2. The molecular formula is C16H13N5OS. The normalized spacial score (nSPS) is 17.2. The first kappa shape index (κ1) is 14.0. The maximum Gasteiger partial charge on any atom is 0.179 e. The smallest absolute Gasteiger partial charge is 0.179 e. The molecule has 0 fully saturated rings. The lowest BCUT2D eigenvalue weighted by molar-refractivity contribution is 0.475. The number of aromatic amines is 1. The van der Waals surface area contributed by atoms with Crippen LogP contribution >= 0.6 is 11.8 Å². The average Bonchev–Trinajstić information content (AvgIpc) is 3.28. The Labute approximate surface area is 136 Å². The van der Waals surface area contributed by atoms with E-state index in [1.807, 2.05) is 24.3 Å². The molecule has 0 radical (unpaired) electrons. The van der Waals surface area contributed by atoms with Gasteiger partial charge in [0.05, 0.1) is 11.1 Å². The average molecular weight is 323 g/mol. The van der Waals surface area contributed by atoms with E-state index in [0.717, 1.165) is 21.9 Å². The van der Waals surface area contributed by atoms with Gasteiger partial charge in [-0.3, -0.25) is 4.99 Å². The van der Waals surface area contributed by atoms with Gasteiger partial charge in [0.2, 0.25) is 0 Å². The van der Waals surface area contributed by atoms with Crippen LogP contribution in [-0.2, 0) is 0 Å². The third-order valence-corrected chi connectivity index (χ3v) is 4.78. The predicted octanol–water partition coefficient (Wildman–Crippen LogP) is 2.81. The molecule has 0 saturated carbocycles. The summed E-state index contributed by atoms with van der Waals surface area (Å²) < 4.78 is 0. The number of H-pyrrole nitrogens is 1. The number of tetrazole rings is 1. The Kier molecular flexibility index (Phi) is 3.55. The molecule has 0 aliphatic carbocycles. The van der Waals surface area contributed by atoms with Gasteiger partial charge in [0.25, 0.3) is 0 Å². The van der Waals surface area contributed by atoms with E-state index in [9.17, 15) is 5.11 Å². The van der Waals surface area contributed by atoms with Crippen molar-refractivity contribution in [2.24, 2.45) is 4.99 Å². The van der Waals surface area contributed by atoms with Crippen molar-refractivity contribution >= 4 is 16.8 Å². The van der Waals surface area contributed by atoms with Gasteiger partial charge in [-0.15, -0.1) is 16.9 Å². The van der Waals surface area contributed by atoms with Gasteiger partial charge >= 0.3 is 0 Å². The van der Waals surface area contributed by atoms with Gasteiger partial charge in [0, 0.05) is 16.9 Å². The number of aromatic hydroxyl groups is 1. The SMILES string of the molecule is Oc1ccc(C2=NC(c3ccc(-c4nnn[nH]4)cc3)CS2)cc1. The van der Waals surface area contributed by atoms with Crippen molar-refractivity contribution in [1.29, 1.82) is 0 Å². The molecule has 2 aromatic carbocycles. The van der Waals surface area contributed by atoms with Crippen LogP contribution in [0.5, 0.6) is 5.75 Å². The maximum absolute atomic E-state index is 9.37. The largest absolute Gasteiger partial charge is 0.508 e. The number of phenols is 1. The summed E-state index contributed by atoms with van der Waals surface area (Å²) in [6.45, 7) is 0. The van der Waals surface area contributed by atoms with Crippen LogP contribution in [0.4, 0.5) is 0 Å². The van der Waals surface area contributed by atoms with E-state index in [-0.39, 0.29) is 11.8 Å². The van der Waals surface area contributed by atoms with Crippen LogP contribution in [0.3, 0.4) is 0 Å². The second-order valence-corrected chi connectivity index (χ2v) is 6.19. The van der Waals surface area contributed by atoms with E-state index in [2.05, 4.69) is 32.8 Å². The zero-order valence-corrected chi connectivity index (χ0v) is 12.9. The van der Waals surface area contributed by atoms with Crippen molar-refractivity contribution < 1.29 is 5.11 Å². The van der Waals surface area contributed by atoms with E-state index in [0.29, 0.717) is 5.82 Å². The van der Waals surface area contributed by atoms with Gasteiger partial charge < -0.3 is 5.11 Å². The summed E-state index contributed by atoms with van der Waals surface area (Å²) in [5.41, 5.74) is 3.16. The molecule has 23 heavy (non-hydrogen) atoms. The summed E-state index contributed by atoms with van der Waals surface area (Å²) in [7, 11) is 0. The second-order valence-electron chi connectivity index (χ2n) is 5.18. The molecule has 2 N–H and O–H groups in total. The minimum atomic E-state index is 0.144. The molecule has 4 rings (SSSR count). The van der Waals surface area contributed by atoms with E-state index in [1.54, 1.807) is 23.9 Å². The molecule has 1 aromatic heterocycles. The van der Waals surface area contributed by atoms with Crippen molar-refractivity contribution in [2.45, 2.75) is 6.04 Å². The lowest BCUT2D eigenvalue weighted by Crippen LogP contribution is -1.94. The molecule has 0 saturated heterocycles. The van der Waals surface area contributed by atoms with Crippen LogP contribution < -0.4 is 0 Å². The van der Waals surface area contributed by atoms with Crippen molar-refractivity contribution in [3.63, 3.8) is 0 Å². The highest BCUT2D eigenvalue weighted by Gasteiger charge is 2.21. The van der Waals surface area contributed by atoms with Crippen LogP contribution in [0.25, 0.3) is 11.4 Å². The standard InChI is InChI=1S/C16H13N5OS/c22-13-7-5-12(6-8-13)16-17-14(9-23-16)10-1-3-11(4-2-10)15-18-20-21-19-15/h1-8,14,22H,9H2,(H,18,19,20,21). The zero-order valence-electron chi connectivity index (χ0n) is 12.0. The van der Waals surface area contributed by atoms with Gasteiger partial charge in [-0.1, -0.05) is 24.3 Å². The summed E-state index contributed by atoms with van der Waals surface area (Å²) in [5.74, 6) is 1.84. The highest BCUT2D eigenvalue weighted by molar-refractivity contribution is 8.14. The predicted molar refractivity (Wildman–Crippen MR) is 89.5 cm³/mol. The first-order valence-electron chi connectivity index (χ1n) is 7.14. The summed E-state index contributed by atoms with van der Waals surface area (Å²) >= 11 is 1.74. The third kappa shape index (κ3) is 2.83. The lowest BCUT2D eigenvalue weighted by atomic mass is 10.1. The summed E-state index contributed by atoms with van der Waals surface area (Å²) in [5, 5.41) is 24.2. The van der Waals surface area contributed by atoms with Crippen molar-refractivity contribution in [1.82, 2.24) is 20.6 Å². The minimum absolute atomic E-state index is 0.144. The van der Waals surface area contributed by atoms with E-state index < -0.39 is 0 Å². The number of phenolic OH excluding ortho intramolecular Hbond substituents is 1. The quantitative estimate of drug-likeness (QED) is 0.774. The Balaban J connectivity index is 1.56. The van der Waals surface area contributed by atoms with Crippen molar-refractivity contribution in [3.8, 4) is 17.1 Å². The molecule has 1 aliphatic rings. The number of thioether (sulfide) groups is 1. The highest BCUT2D eigenvalue weighted by Crippen LogP contribution is 2.33. The fourth-order valence-electron chi connectivity index (χ4n) is 2.45. The van der Waals surface area contributed by atoms with E-state index >= 15 is 0 Å². The first-order valence-corrected chi connectivity index (χ1v) is 8.12. The number of aliphatic imine (C=N–C) groups is 1. The first-order chi connectivity index (χ1) is 11.3. The Bertz CT molecular complexity index is 828. The van der Waals surface area contributed by atoms with Crippen LogP contribution in [0.1, 0.15) is 17.2 Å². The fraction of sp³-hybridized carbons (Fsp3) is 0.125. The molecule has 1 atom stereocenters. The number of nitrogens with one attached hydrogen (secondary N) is 1. The molecule has 0 spiro atoms. The number of nitrogens with zero attached hydrogens (tertiary/aromatic N) is 4. The summed E-state index contributed by atoms with van der Waals surface area (Å²) in [6.07, 6.45) is 0. The number of hydrogen-bond acceptors (Lipinski definition) is 6. The molecular weight excluding hydrogens is 310 g/mol. The van der Waals surface area contributed by atoms with Crippen LogP contribution in [-0.4, -0.2) is 36.5 Å². The lowest BCUT2D eigenvalue weighted by Gasteiger charge is -2.06. The van der Waals surface area contributed by atoms with Crippen LogP contribution in [0.15, 0.2) is 53.5 Å². The Morgan fingerprint density at radius 1 is 1.00 bits per heavy atom. The maximum atomic E-state index is 9.37. The molecule has 2 heterocycles. The summed E-state index contributed by atoms with van der Waals surface area (Å²) in [6, 6.07) is 15.4. The Morgan fingerprint density at radius 2 is 1.74 bits per heavy atom. The van der Waals surface area contributed by atoms with Crippen molar-refractivity contribution in [2.75, 3.05) is 5.75 Å². The zero-order chi connectivity index (χ0) is 15.6. The van der Waals surface area contributed by atoms with Gasteiger partial charge in [-0.2, -0.15) is 0 Å². The number of aromatic nitrogens is 4. The molecule has 1 aliphatic heterocycles.